The van der Waals surface area contributed by atoms with Gasteiger partial charge in [-0.15, -0.1) is 12.4 Å². The Morgan fingerprint density at radius 2 is 1.64 bits per heavy atom. The summed E-state index contributed by atoms with van der Waals surface area (Å²) in [6, 6.07) is 4.57. The smallest absolute Gasteiger partial charge is 0.394 e. The standard InChI is InChI=1S/C32H35F6N5O3.ClH/c1-19-5-6-39-13-26(19)25-12-28(43-16-24-18-46-8-7-42(24)15-23(43)17-44)40-14-27(25)41(4)29(45)30(2,3)20-9-21(31(33,34)35)11-22(10-20)32(36,37)38;/h5-6,9-14,23-24,44H,7-8,15-18H2,1-4H3;1H/t23-,24-;/m0./s1. The lowest BCUT2D eigenvalue weighted by Crippen LogP contribution is -2.63. The van der Waals surface area contributed by atoms with E-state index >= 15 is 0 Å². The molecule has 1 N–H and O–H groups in total. The normalized spacial score (nSPS) is 19.2. The van der Waals surface area contributed by atoms with Crippen molar-refractivity contribution < 1.29 is 41.0 Å². The maximum atomic E-state index is 14.1. The number of benzene rings is 1. The molecule has 0 spiro atoms. The number of aliphatic hydroxyl groups excluding tert-OH is 1. The van der Waals surface area contributed by atoms with Crippen LogP contribution in [0.1, 0.15) is 36.1 Å². The van der Waals surface area contributed by atoms with Crippen LogP contribution in [0.4, 0.5) is 37.8 Å². The summed E-state index contributed by atoms with van der Waals surface area (Å²) in [5, 5.41) is 10.3. The molecule has 0 saturated carbocycles. The molecule has 2 fully saturated rings. The number of hydrogen-bond donors (Lipinski definition) is 1. The summed E-state index contributed by atoms with van der Waals surface area (Å²) in [4.78, 5) is 28.4. The zero-order valence-corrected chi connectivity index (χ0v) is 27.0. The number of pyridine rings is 2. The number of fused-ring (bicyclic) bond motifs is 1. The number of morpholine rings is 1. The minimum Gasteiger partial charge on any atom is -0.394 e. The van der Waals surface area contributed by atoms with Gasteiger partial charge in [0.15, 0.2) is 0 Å². The summed E-state index contributed by atoms with van der Waals surface area (Å²) in [7, 11) is 1.41. The molecule has 2 saturated heterocycles. The number of likely N-dealkylation sites (N-methyl/N-ethyl adjacent to an activating group) is 1. The van der Waals surface area contributed by atoms with Crippen molar-refractivity contribution in [3.05, 3.63) is 71.2 Å². The minimum absolute atomic E-state index is 0. The number of halogens is 7. The van der Waals surface area contributed by atoms with E-state index in [1.807, 2.05) is 11.8 Å². The zero-order chi connectivity index (χ0) is 33.6. The molecule has 0 aliphatic carbocycles. The van der Waals surface area contributed by atoms with Crippen molar-refractivity contribution >= 4 is 29.8 Å². The predicted octanol–water partition coefficient (Wildman–Crippen LogP) is 5.73. The molecular weight excluding hydrogens is 652 g/mol. The molecule has 5 rings (SSSR count). The Balaban J connectivity index is 0.00000500. The molecule has 2 aromatic heterocycles. The van der Waals surface area contributed by atoms with Gasteiger partial charge in [-0.25, -0.2) is 4.98 Å². The summed E-state index contributed by atoms with van der Waals surface area (Å²) in [6.07, 6.45) is -5.45. The molecule has 1 aromatic carbocycles. The van der Waals surface area contributed by atoms with E-state index in [4.69, 9.17) is 4.74 Å². The first-order chi connectivity index (χ1) is 21.5. The Morgan fingerprint density at radius 3 is 2.23 bits per heavy atom. The van der Waals surface area contributed by atoms with Crippen molar-refractivity contribution in [2.75, 3.05) is 56.3 Å². The first-order valence-electron chi connectivity index (χ1n) is 14.7. The number of aryl methyl sites for hydroxylation is 1. The third-order valence-electron chi connectivity index (χ3n) is 8.86. The highest BCUT2D eigenvalue weighted by molar-refractivity contribution is 6.03. The van der Waals surface area contributed by atoms with Crippen molar-refractivity contribution in [2.45, 2.75) is 50.6 Å². The number of anilines is 2. The number of carbonyl (C=O) groups excluding carboxylic acids is 1. The monoisotopic (exact) mass is 687 g/mol. The van der Waals surface area contributed by atoms with Crippen LogP contribution in [0, 0.1) is 6.92 Å². The van der Waals surface area contributed by atoms with Crippen LogP contribution in [0.15, 0.2) is 48.9 Å². The molecule has 256 valence electrons. The molecule has 8 nitrogen and oxygen atoms in total. The van der Waals surface area contributed by atoms with E-state index in [1.165, 1.54) is 32.0 Å². The number of aliphatic hydroxyl groups is 1. The molecule has 0 bridgehead atoms. The van der Waals surface area contributed by atoms with E-state index in [-0.39, 0.29) is 42.9 Å². The lowest BCUT2D eigenvalue weighted by atomic mass is 9.81. The number of aromatic nitrogens is 2. The molecule has 0 radical (unpaired) electrons. The van der Waals surface area contributed by atoms with Crippen LogP contribution in [0.3, 0.4) is 0 Å². The van der Waals surface area contributed by atoms with Crippen LogP contribution in [0.5, 0.6) is 0 Å². The second-order valence-corrected chi connectivity index (χ2v) is 12.2. The van der Waals surface area contributed by atoms with Crippen LogP contribution < -0.4 is 9.80 Å². The van der Waals surface area contributed by atoms with Gasteiger partial charge in [-0.2, -0.15) is 26.3 Å². The van der Waals surface area contributed by atoms with Crippen molar-refractivity contribution in [3.63, 3.8) is 0 Å². The summed E-state index contributed by atoms with van der Waals surface area (Å²) >= 11 is 0. The van der Waals surface area contributed by atoms with Gasteiger partial charge in [-0.3, -0.25) is 14.7 Å². The number of ether oxygens (including phenoxy) is 1. The third-order valence-corrected chi connectivity index (χ3v) is 8.86. The van der Waals surface area contributed by atoms with Gasteiger partial charge in [0.25, 0.3) is 0 Å². The number of nitrogens with zero attached hydrogens (tertiary/aromatic N) is 5. The Hall–Kier alpha value is -3.46. The molecule has 1 amide bonds. The lowest BCUT2D eigenvalue weighted by molar-refractivity contribution is -0.143. The molecule has 2 aliphatic rings. The number of alkyl halides is 6. The highest BCUT2D eigenvalue weighted by Crippen LogP contribution is 2.41. The van der Waals surface area contributed by atoms with Crippen molar-refractivity contribution in [1.82, 2.24) is 14.9 Å². The van der Waals surface area contributed by atoms with Crippen molar-refractivity contribution in [3.8, 4) is 11.1 Å². The molecule has 4 heterocycles. The van der Waals surface area contributed by atoms with Gasteiger partial charge in [0, 0.05) is 50.2 Å². The molecule has 0 unspecified atom stereocenters. The van der Waals surface area contributed by atoms with E-state index in [0.29, 0.717) is 55.4 Å². The maximum absolute atomic E-state index is 14.1. The van der Waals surface area contributed by atoms with E-state index in [1.54, 1.807) is 24.5 Å². The fourth-order valence-corrected chi connectivity index (χ4v) is 6.07. The quantitative estimate of drug-likeness (QED) is 0.332. The van der Waals surface area contributed by atoms with Gasteiger partial charge in [-0.1, -0.05) is 0 Å². The zero-order valence-electron chi connectivity index (χ0n) is 26.2. The topological polar surface area (TPSA) is 82.0 Å². The first kappa shape index (κ1) is 36.4. The van der Waals surface area contributed by atoms with Gasteiger partial charge < -0.3 is 19.6 Å². The number of hydrogen-bond acceptors (Lipinski definition) is 7. The van der Waals surface area contributed by atoms with Crippen molar-refractivity contribution in [2.24, 2.45) is 0 Å². The Labute approximate surface area is 274 Å². The number of piperazine rings is 1. The van der Waals surface area contributed by atoms with Gasteiger partial charge in [0.1, 0.15) is 5.82 Å². The Kier molecular flexibility index (Phi) is 10.5. The molecule has 2 aliphatic heterocycles. The largest absolute Gasteiger partial charge is 0.416 e. The predicted molar refractivity (Wildman–Crippen MR) is 167 cm³/mol. The number of carbonyl (C=O) groups is 1. The molecular formula is C32H36ClF6N5O3. The second-order valence-electron chi connectivity index (χ2n) is 12.2. The van der Waals surface area contributed by atoms with Crippen LogP contribution in [-0.2, 0) is 27.3 Å². The average Bonchev–Trinajstić information content (AvgIpc) is 3.02. The lowest BCUT2D eigenvalue weighted by Gasteiger charge is -2.48. The minimum atomic E-state index is -5.06. The first-order valence-corrected chi connectivity index (χ1v) is 14.7. The van der Waals surface area contributed by atoms with Crippen LogP contribution in [0.25, 0.3) is 11.1 Å². The highest BCUT2D eigenvalue weighted by Gasteiger charge is 2.42. The van der Waals surface area contributed by atoms with E-state index in [0.717, 1.165) is 12.1 Å². The average molecular weight is 688 g/mol. The fraction of sp³-hybridized carbons (Fsp3) is 0.469. The van der Waals surface area contributed by atoms with E-state index in [2.05, 4.69) is 14.9 Å². The van der Waals surface area contributed by atoms with Crippen LogP contribution >= 0.6 is 12.4 Å². The van der Waals surface area contributed by atoms with Gasteiger partial charge in [-0.05, 0) is 62.2 Å². The van der Waals surface area contributed by atoms with Crippen molar-refractivity contribution in [1.29, 1.82) is 0 Å². The maximum Gasteiger partial charge on any atom is 0.416 e. The Morgan fingerprint density at radius 1 is 1.00 bits per heavy atom. The summed E-state index contributed by atoms with van der Waals surface area (Å²) in [5.41, 5.74) is -2.98. The highest BCUT2D eigenvalue weighted by atomic mass is 35.5. The van der Waals surface area contributed by atoms with E-state index in [9.17, 15) is 36.2 Å². The molecule has 3 aromatic rings. The fourth-order valence-electron chi connectivity index (χ4n) is 6.07. The van der Waals surface area contributed by atoms with Crippen LogP contribution in [0.2, 0.25) is 0 Å². The molecule has 2 atom stereocenters. The SMILES string of the molecule is Cc1ccncc1-c1cc(N2C[C@H]3COCCN3C[C@H]2CO)ncc1N(C)C(=O)C(C)(C)c1cc(C(F)(F)F)cc(C(F)(F)F)c1.Cl. The summed E-state index contributed by atoms with van der Waals surface area (Å²) in [6.45, 7) is 7.31. The molecule has 15 heteroatoms. The number of amides is 1. The number of rotatable bonds is 6. The third kappa shape index (κ3) is 7.35. The van der Waals surface area contributed by atoms with Gasteiger partial charge in [0.2, 0.25) is 5.91 Å². The van der Waals surface area contributed by atoms with E-state index < -0.39 is 40.4 Å². The second kappa shape index (κ2) is 13.6. The Bertz CT molecular complexity index is 1570. The molecule has 47 heavy (non-hydrogen) atoms. The van der Waals surface area contributed by atoms with Gasteiger partial charge >= 0.3 is 12.4 Å². The van der Waals surface area contributed by atoms with Gasteiger partial charge in [0.05, 0.1) is 60.3 Å². The summed E-state index contributed by atoms with van der Waals surface area (Å²) < 4.78 is 87.6. The summed E-state index contributed by atoms with van der Waals surface area (Å²) in [5.74, 6) is -0.224. The van der Waals surface area contributed by atoms with Crippen LogP contribution in [-0.4, -0.2) is 84.5 Å².